The standard InChI is InChI=1S/C23H25ClN4O4/c1-2-16-13-17(24)7-8-20(16)32-14-21(29)25-26-22-18-5-3-4-6-19(18)28(23(22)30)15-27-9-11-31-12-10-27/h3-8,13,30H,2,9-12,14-15H2,1H3. The molecule has 0 saturated carbocycles. The van der Waals surface area contributed by atoms with Crippen LogP contribution in [0.1, 0.15) is 12.5 Å². The van der Waals surface area contributed by atoms with Crippen LogP contribution in [0.2, 0.25) is 5.02 Å². The number of aryl methyl sites for hydroxylation is 1. The Morgan fingerprint density at radius 2 is 2.00 bits per heavy atom. The Bertz CT molecular complexity index is 1140. The third-order valence-corrected chi connectivity index (χ3v) is 5.61. The Hall–Kier alpha value is -2.94. The average molecular weight is 457 g/mol. The molecule has 1 amide bonds. The number of azo groups is 1. The lowest BCUT2D eigenvalue weighted by Gasteiger charge is -2.27. The minimum atomic E-state index is -0.550. The number of aromatic hydroxyl groups is 1. The zero-order valence-electron chi connectivity index (χ0n) is 17.8. The number of hydrogen-bond acceptors (Lipinski definition) is 6. The quantitative estimate of drug-likeness (QED) is 0.527. The Labute approximate surface area is 191 Å². The van der Waals surface area contributed by atoms with Crippen LogP contribution in [0.15, 0.2) is 52.7 Å². The monoisotopic (exact) mass is 456 g/mol. The van der Waals surface area contributed by atoms with Crippen molar-refractivity contribution in [1.82, 2.24) is 9.47 Å². The third kappa shape index (κ3) is 4.93. The van der Waals surface area contributed by atoms with Crippen LogP contribution < -0.4 is 4.74 Å². The van der Waals surface area contributed by atoms with Gasteiger partial charge in [0.05, 0.1) is 25.4 Å². The summed E-state index contributed by atoms with van der Waals surface area (Å²) in [6, 6.07) is 12.8. The van der Waals surface area contributed by atoms with Gasteiger partial charge in [-0.15, -0.1) is 10.2 Å². The van der Waals surface area contributed by atoms with Gasteiger partial charge in [0.2, 0.25) is 5.88 Å². The number of carbonyl (C=O) groups is 1. The number of benzene rings is 2. The lowest BCUT2D eigenvalue weighted by molar-refractivity contribution is -0.120. The summed E-state index contributed by atoms with van der Waals surface area (Å²) in [5, 5.41) is 20.1. The molecule has 168 valence electrons. The second kappa shape index (κ2) is 10.1. The van der Waals surface area contributed by atoms with Gasteiger partial charge in [-0.1, -0.05) is 36.7 Å². The van der Waals surface area contributed by atoms with E-state index >= 15 is 0 Å². The summed E-state index contributed by atoms with van der Waals surface area (Å²) in [6.45, 7) is 5.11. The molecule has 0 atom stereocenters. The van der Waals surface area contributed by atoms with Crippen molar-refractivity contribution >= 4 is 34.1 Å². The van der Waals surface area contributed by atoms with Gasteiger partial charge in [-0.05, 0) is 36.2 Å². The van der Waals surface area contributed by atoms with Gasteiger partial charge in [-0.25, -0.2) is 0 Å². The molecule has 1 aromatic heterocycles. The molecule has 0 spiro atoms. The van der Waals surface area contributed by atoms with Crippen LogP contribution in [0.4, 0.5) is 5.69 Å². The molecule has 1 N–H and O–H groups in total. The van der Waals surface area contributed by atoms with Gasteiger partial charge in [0, 0.05) is 23.5 Å². The fourth-order valence-electron chi connectivity index (χ4n) is 3.70. The van der Waals surface area contributed by atoms with E-state index in [9.17, 15) is 9.90 Å². The van der Waals surface area contributed by atoms with Crippen LogP contribution in [-0.2, 0) is 22.6 Å². The number of carbonyl (C=O) groups excluding carboxylic acids is 1. The van der Waals surface area contributed by atoms with Crippen molar-refractivity contribution < 1.29 is 19.4 Å². The minimum Gasteiger partial charge on any atom is -0.493 e. The summed E-state index contributed by atoms with van der Waals surface area (Å²) in [5.74, 6) is 0.0120. The van der Waals surface area contributed by atoms with E-state index in [2.05, 4.69) is 15.1 Å². The predicted octanol–water partition coefficient (Wildman–Crippen LogP) is 4.54. The maximum Gasteiger partial charge on any atom is 0.302 e. The molecule has 0 bridgehead atoms. The Kier molecular flexibility index (Phi) is 7.04. The average Bonchev–Trinajstić information content (AvgIpc) is 3.08. The summed E-state index contributed by atoms with van der Waals surface area (Å²) in [5.41, 5.74) is 2.00. The number of rotatable bonds is 7. The molecule has 1 aliphatic heterocycles. The molecule has 9 heteroatoms. The molecule has 1 aliphatic rings. The first kappa shape index (κ1) is 22.3. The van der Waals surface area contributed by atoms with Crippen molar-refractivity contribution in [3.63, 3.8) is 0 Å². The molecule has 1 fully saturated rings. The van der Waals surface area contributed by atoms with Crippen molar-refractivity contribution in [1.29, 1.82) is 0 Å². The third-order valence-electron chi connectivity index (χ3n) is 5.38. The normalized spacial score (nSPS) is 14.9. The number of aromatic nitrogens is 1. The lowest BCUT2D eigenvalue weighted by Crippen LogP contribution is -2.37. The van der Waals surface area contributed by atoms with Gasteiger partial charge in [0.1, 0.15) is 5.75 Å². The highest BCUT2D eigenvalue weighted by molar-refractivity contribution is 6.30. The SMILES string of the molecule is CCc1cc(Cl)ccc1OCC(=O)N=Nc1c(O)n(CN2CCOCC2)c2ccccc12. The summed E-state index contributed by atoms with van der Waals surface area (Å²) in [6.07, 6.45) is 0.724. The van der Waals surface area contributed by atoms with Crippen LogP contribution in [0.25, 0.3) is 10.9 Å². The number of amides is 1. The zero-order valence-corrected chi connectivity index (χ0v) is 18.6. The second-order valence-electron chi connectivity index (χ2n) is 7.48. The fourth-order valence-corrected chi connectivity index (χ4v) is 3.89. The maximum atomic E-state index is 12.3. The van der Waals surface area contributed by atoms with Gasteiger partial charge in [0.15, 0.2) is 12.3 Å². The summed E-state index contributed by atoms with van der Waals surface area (Å²) in [7, 11) is 0. The van der Waals surface area contributed by atoms with E-state index in [1.165, 1.54) is 0 Å². The fraction of sp³-hybridized carbons (Fsp3) is 0.348. The molecule has 32 heavy (non-hydrogen) atoms. The molecule has 2 aromatic carbocycles. The van der Waals surface area contributed by atoms with E-state index in [1.807, 2.05) is 37.3 Å². The van der Waals surface area contributed by atoms with E-state index in [1.54, 1.807) is 16.7 Å². The van der Waals surface area contributed by atoms with E-state index in [4.69, 9.17) is 21.1 Å². The zero-order chi connectivity index (χ0) is 22.5. The van der Waals surface area contributed by atoms with Crippen molar-refractivity contribution in [2.75, 3.05) is 32.9 Å². The molecule has 3 aromatic rings. The van der Waals surface area contributed by atoms with E-state index < -0.39 is 5.91 Å². The van der Waals surface area contributed by atoms with Gasteiger partial charge in [-0.3, -0.25) is 14.3 Å². The Morgan fingerprint density at radius 1 is 1.22 bits per heavy atom. The van der Waals surface area contributed by atoms with Crippen molar-refractivity contribution in [2.45, 2.75) is 20.0 Å². The lowest BCUT2D eigenvalue weighted by atomic mass is 10.1. The van der Waals surface area contributed by atoms with Gasteiger partial charge >= 0.3 is 5.91 Å². The smallest absolute Gasteiger partial charge is 0.302 e. The number of halogens is 1. The molecule has 0 radical (unpaired) electrons. The number of para-hydroxylation sites is 1. The van der Waals surface area contributed by atoms with Crippen LogP contribution in [-0.4, -0.2) is 53.4 Å². The summed E-state index contributed by atoms with van der Waals surface area (Å²) in [4.78, 5) is 14.5. The molecule has 4 rings (SSSR count). The van der Waals surface area contributed by atoms with E-state index in [0.29, 0.717) is 30.7 Å². The van der Waals surface area contributed by atoms with Crippen molar-refractivity contribution in [3.8, 4) is 11.6 Å². The van der Waals surface area contributed by atoms with Crippen molar-refractivity contribution in [2.24, 2.45) is 10.2 Å². The first-order valence-corrected chi connectivity index (χ1v) is 10.9. The molecule has 2 heterocycles. The summed E-state index contributed by atoms with van der Waals surface area (Å²) < 4.78 is 12.8. The van der Waals surface area contributed by atoms with E-state index in [-0.39, 0.29) is 18.2 Å². The maximum absolute atomic E-state index is 12.3. The van der Waals surface area contributed by atoms with Crippen LogP contribution in [0, 0.1) is 0 Å². The van der Waals surface area contributed by atoms with Crippen LogP contribution in [0.3, 0.4) is 0 Å². The number of fused-ring (bicyclic) bond motifs is 1. The molecule has 0 unspecified atom stereocenters. The Balaban J connectivity index is 1.51. The predicted molar refractivity (Wildman–Crippen MR) is 122 cm³/mol. The number of ether oxygens (including phenoxy) is 2. The highest BCUT2D eigenvalue weighted by atomic mass is 35.5. The number of nitrogens with zero attached hydrogens (tertiary/aromatic N) is 4. The molecular formula is C23H25ClN4O4. The molecule has 1 saturated heterocycles. The van der Waals surface area contributed by atoms with Crippen LogP contribution in [0.5, 0.6) is 11.6 Å². The highest BCUT2D eigenvalue weighted by Gasteiger charge is 2.20. The number of morpholine rings is 1. The highest BCUT2D eigenvalue weighted by Crippen LogP contribution is 2.39. The molecular weight excluding hydrogens is 432 g/mol. The first-order chi connectivity index (χ1) is 15.6. The second-order valence-corrected chi connectivity index (χ2v) is 7.91. The van der Waals surface area contributed by atoms with Gasteiger partial charge in [0.25, 0.3) is 0 Å². The summed E-state index contributed by atoms with van der Waals surface area (Å²) >= 11 is 6.01. The van der Waals surface area contributed by atoms with Gasteiger partial charge < -0.3 is 14.6 Å². The minimum absolute atomic E-state index is 0.0267. The Morgan fingerprint density at radius 3 is 2.78 bits per heavy atom. The number of hydrogen-bond donors (Lipinski definition) is 1. The molecule has 8 nitrogen and oxygen atoms in total. The van der Waals surface area contributed by atoms with E-state index in [0.717, 1.165) is 36.0 Å². The first-order valence-electron chi connectivity index (χ1n) is 10.5. The molecule has 0 aliphatic carbocycles. The topological polar surface area (TPSA) is 88.7 Å². The van der Waals surface area contributed by atoms with Gasteiger partial charge in [-0.2, -0.15) is 0 Å². The van der Waals surface area contributed by atoms with Crippen molar-refractivity contribution in [3.05, 3.63) is 53.1 Å². The van der Waals surface area contributed by atoms with Crippen LogP contribution >= 0.6 is 11.6 Å². The largest absolute Gasteiger partial charge is 0.493 e.